The van der Waals surface area contributed by atoms with Crippen molar-refractivity contribution in [3.05, 3.63) is 11.6 Å². The number of carbonyl (C=O) groups is 1. The molecule has 0 aromatic heterocycles. The predicted octanol–water partition coefficient (Wildman–Crippen LogP) is 6.06. The number of ketones is 1. The molecule has 2 aliphatic heterocycles. The number of hydrogen-bond donors (Lipinski definition) is 1. The number of hydrogen-bond acceptors (Lipinski definition) is 4. The summed E-state index contributed by atoms with van der Waals surface area (Å²) in [6.45, 7) is 16.2. The standard InChI is InChI=1S/C30H46O4/c1-26(2)22-9-8-20-19(28(22,5)13-12-23(26)31)11-15-29(6)18(10-14-30(20,29)7)17-16-21(33-25(17)32)24-27(3,4)34-24/h8,17-19,21-22,24-25,32H,9-16H2,1-7H3/t17-,18-,19-,21-,22-,24-,25+,28+,29-,30+/m0/s1. The van der Waals surface area contributed by atoms with Gasteiger partial charge in [0.15, 0.2) is 6.29 Å². The smallest absolute Gasteiger partial charge is 0.158 e. The summed E-state index contributed by atoms with van der Waals surface area (Å²) in [5, 5.41) is 11.0. The van der Waals surface area contributed by atoms with Crippen LogP contribution in [0.5, 0.6) is 0 Å². The Kier molecular flexibility index (Phi) is 4.86. The van der Waals surface area contributed by atoms with Crippen LogP contribution >= 0.6 is 0 Å². The third-order valence-corrected chi connectivity index (χ3v) is 12.7. The van der Waals surface area contributed by atoms with Gasteiger partial charge in [-0.05, 0) is 92.8 Å². The van der Waals surface area contributed by atoms with Crippen molar-refractivity contribution in [1.82, 2.24) is 0 Å². The van der Waals surface area contributed by atoms with E-state index >= 15 is 0 Å². The monoisotopic (exact) mass is 470 g/mol. The number of aliphatic hydroxyl groups is 1. The van der Waals surface area contributed by atoms with Gasteiger partial charge in [-0.15, -0.1) is 0 Å². The van der Waals surface area contributed by atoms with E-state index in [1.807, 2.05) is 0 Å². The molecule has 190 valence electrons. The van der Waals surface area contributed by atoms with Crippen molar-refractivity contribution in [3.63, 3.8) is 0 Å². The largest absolute Gasteiger partial charge is 0.368 e. The summed E-state index contributed by atoms with van der Waals surface area (Å²) in [7, 11) is 0. The second-order valence-corrected chi connectivity index (χ2v) is 14.7. The molecular formula is C30H46O4. The van der Waals surface area contributed by atoms with Crippen molar-refractivity contribution >= 4 is 5.78 Å². The van der Waals surface area contributed by atoms with Gasteiger partial charge in [-0.3, -0.25) is 4.79 Å². The van der Waals surface area contributed by atoms with Gasteiger partial charge in [-0.2, -0.15) is 0 Å². The quantitative estimate of drug-likeness (QED) is 0.393. The molecule has 0 amide bonds. The maximum absolute atomic E-state index is 12.8. The van der Waals surface area contributed by atoms with Gasteiger partial charge in [0, 0.05) is 17.8 Å². The Morgan fingerprint density at radius 3 is 2.38 bits per heavy atom. The highest BCUT2D eigenvalue weighted by molar-refractivity contribution is 5.85. The van der Waals surface area contributed by atoms with Gasteiger partial charge in [0.25, 0.3) is 0 Å². The zero-order valence-electron chi connectivity index (χ0n) is 22.4. The van der Waals surface area contributed by atoms with E-state index in [9.17, 15) is 9.90 Å². The lowest BCUT2D eigenvalue weighted by Gasteiger charge is -2.63. The lowest BCUT2D eigenvalue weighted by Crippen LogP contribution is -2.57. The summed E-state index contributed by atoms with van der Waals surface area (Å²) in [5.74, 6) is 2.19. The van der Waals surface area contributed by atoms with Crippen LogP contribution in [0, 0.1) is 45.3 Å². The first-order chi connectivity index (χ1) is 15.8. The van der Waals surface area contributed by atoms with Crippen LogP contribution in [-0.4, -0.2) is 35.0 Å². The average molecular weight is 471 g/mol. The molecule has 3 saturated carbocycles. The minimum absolute atomic E-state index is 0.0253. The van der Waals surface area contributed by atoms with Gasteiger partial charge in [0.1, 0.15) is 11.9 Å². The maximum atomic E-state index is 12.8. The first-order valence-electron chi connectivity index (χ1n) is 14.0. The Balaban J connectivity index is 1.30. The molecule has 4 heteroatoms. The summed E-state index contributed by atoms with van der Waals surface area (Å²) in [4.78, 5) is 12.8. The third-order valence-electron chi connectivity index (χ3n) is 12.7. The molecular weight excluding hydrogens is 424 g/mol. The van der Waals surface area contributed by atoms with Crippen LogP contribution in [-0.2, 0) is 14.3 Å². The second-order valence-electron chi connectivity index (χ2n) is 14.7. The van der Waals surface area contributed by atoms with Gasteiger partial charge < -0.3 is 14.6 Å². The molecule has 0 aromatic carbocycles. The Bertz CT molecular complexity index is 934. The fourth-order valence-corrected chi connectivity index (χ4v) is 10.3. The molecule has 0 unspecified atom stereocenters. The molecule has 34 heavy (non-hydrogen) atoms. The number of allylic oxidation sites excluding steroid dienone is 2. The molecule has 5 fully saturated rings. The number of carbonyl (C=O) groups excluding carboxylic acids is 1. The third kappa shape index (κ3) is 2.85. The molecule has 0 spiro atoms. The van der Waals surface area contributed by atoms with Crippen molar-refractivity contribution in [1.29, 1.82) is 0 Å². The van der Waals surface area contributed by atoms with Crippen LogP contribution in [0.25, 0.3) is 0 Å². The molecule has 0 bridgehead atoms. The van der Waals surface area contributed by atoms with Crippen molar-refractivity contribution in [2.45, 2.75) is 124 Å². The number of ether oxygens (including phenoxy) is 2. The highest BCUT2D eigenvalue weighted by Gasteiger charge is 2.67. The van der Waals surface area contributed by atoms with Crippen molar-refractivity contribution in [3.8, 4) is 0 Å². The molecule has 10 atom stereocenters. The molecule has 2 heterocycles. The van der Waals surface area contributed by atoms with Crippen LogP contribution in [0.15, 0.2) is 11.6 Å². The molecule has 4 nitrogen and oxygen atoms in total. The van der Waals surface area contributed by atoms with E-state index in [4.69, 9.17) is 9.47 Å². The molecule has 6 rings (SSSR count). The van der Waals surface area contributed by atoms with E-state index in [2.05, 4.69) is 54.5 Å². The van der Waals surface area contributed by atoms with Crippen LogP contribution in [0.1, 0.15) is 99.8 Å². The van der Waals surface area contributed by atoms with E-state index in [0.717, 1.165) is 25.7 Å². The fourth-order valence-electron chi connectivity index (χ4n) is 10.3. The second kappa shape index (κ2) is 6.98. The SMILES string of the molecule is CC1(C)O[C@H]1[C@@H]1C[C@@H]([C@@H]2CC[C@]3(C)C4=CC[C@H]5C(C)(C)C(=O)CC[C@]5(C)[C@H]4CC[C@@]23C)[C@H](O)O1. The fraction of sp³-hybridized carbons (Fsp3) is 0.900. The molecule has 0 aromatic rings. The van der Waals surface area contributed by atoms with E-state index in [0.29, 0.717) is 23.5 Å². The lowest BCUT2D eigenvalue weighted by molar-refractivity contribution is -0.147. The molecule has 1 N–H and O–H groups in total. The molecule has 4 aliphatic carbocycles. The van der Waals surface area contributed by atoms with Crippen LogP contribution in [0.4, 0.5) is 0 Å². The minimum atomic E-state index is -0.667. The molecule has 6 aliphatic rings. The van der Waals surface area contributed by atoms with Crippen molar-refractivity contribution in [2.24, 2.45) is 45.3 Å². The zero-order valence-corrected chi connectivity index (χ0v) is 22.4. The first-order valence-corrected chi connectivity index (χ1v) is 14.0. The normalized spacial score (nSPS) is 55.2. The van der Waals surface area contributed by atoms with Crippen LogP contribution < -0.4 is 0 Å². The Morgan fingerprint density at radius 2 is 1.71 bits per heavy atom. The summed E-state index contributed by atoms with van der Waals surface area (Å²) in [6, 6.07) is 0. The van der Waals surface area contributed by atoms with Crippen LogP contribution in [0.2, 0.25) is 0 Å². The van der Waals surface area contributed by atoms with Gasteiger partial charge in [0.05, 0.1) is 11.7 Å². The van der Waals surface area contributed by atoms with E-state index in [1.165, 1.54) is 25.7 Å². The summed E-state index contributed by atoms with van der Waals surface area (Å²) in [5.41, 5.74) is 1.95. The van der Waals surface area contributed by atoms with E-state index in [1.54, 1.807) is 5.57 Å². The molecule has 2 saturated heterocycles. The topological polar surface area (TPSA) is 59.1 Å². The Labute approximate surface area is 206 Å². The first kappa shape index (κ1) is 23.7. The molecule has 0 radical (unpaired) electrons. The van der Waals surface area contributed by atoms with E-state index in [-0.39, 0.29) is 45.4 Å². The highest BCUT2D eigenvalue weighted by atomic mass is 16.7. The zero-order chi connectivity index (χ0) is 24.5. The van der Waals surface area contributed by atoms with Crippen molar-refractivity contribution < 1.29 is 19.4 Å². The highest BCUT2D eigenvalue weighted by Crippen LogP contribution is 2.73. The van der Waals surface area contributed by atoms with E-state index < -0.39 is 6.29 Å². The van der Waals surface area contributed by atoms with Gasteiger partial charge in [-0.25, -0.2) is 0 Å². The predicted molar refractivity (Wildman–Crippen MR) is 132 cm³/mol. The van der Waals surface area contributed by atoms with Gasteiger partial charge >= 0.3 is 0 Å². The average Bonchev–Trinajstić information content (AvgIpc) is 3.08. The Morgan fingerprint density at radius 1 is 1.00 bits per heavy atom. The number of aliphatic hydroxyl groups excluding tert-OH is 1. The summed E-state index contributed by atoms with van der Waals surface area (Å²) >= 11 is 0. The summed E-state index contributed by atoms with van der Waals surface area (Å²) in [6.07, 6.45) is 10.6. The lowest BCUT2D eigenvalue weighted by atomic mass is 9.41. The number of epoxide rings is 1. The van der Waals surface area contributed by atoms with Gasteiger partial charge in [0.2, 0.25) is 0 Å². The maximum Gasteiger partial charge on any atom is 0.158 e. The number of rotatable bonds is 2. The van der Waals surface area contributed by atoms with Gasteiger partial charge in [-0.1, -0.05) is 46.3 Å². The number of fused-ring (bicyclic) bond motifs is 5. The Hall–Kier alpha value is -0.710. The minimum Gasteiger partial charge on any atom is -0.368 e. The number of Topliss-reactive ketones (excluding diaryl/α,β-unsaturated/α-hetero) is 1. The van der Waals surface area contributed by atoms with Crippen LogP contribution in [0.3, 0.4) is 0 Å². The summed E-state index contributed by atoms with van der Waals surface area (Å²) < 4.78 is 12.0. The van der Waals surface area contributed by atoms with Crippen molar-refractivity contribution in [2.75, 3.05) is 0 Å².